The molecule has 172 valence electrons. The third-order valence-corrected chi connectivity index (χ3v) is 5.65. The molecule has 1 aliphatic rings. The van der Waals surface area contributed by atoms with Gasteiger partial charge in [-0.2, -0.15) is 0 Å². The van der Waals surface area contributed by atoms with Gasteiger partial charge in [-0.25, -0.2) is 4.98 Å². The van der Waals surface area contributed by atoms with Crippen molar-refractivity contribution in [2.24, 2.45) is 0 Å². The van der Waals surface area contributed by atoms with Crippen LogP contribution in [0, 0.1) is 13.8 Å². The van der Waals surface area contributed by atoms with E-state index in [4.69, 9.17) is 0 Å². The molecule has 1 aliphatic heterocycles. The van der Waals surface area contributed by atoms with Crippen molar-refractivity contribution in [1.82, 2.24) is 9.88 Å². The molecule has 0 spiro atoms. The average molecular weight is 455 g/mol. The Balaban J connectivity index is 1.55. The van der Waals surface area contributed by atoms with Crippen molar-refractivity contribution in [3.05, 3.63) is 76.5 Å². The maximum absolute atomic E-state index is 13.0. The van der Waals surface area contributed by atoms with E-state index >= 15 is 0 Å². The number of carbonyl (C=O) groups is 1. The summed E-state index contributed by atoms with van der Waals surface area (Å²) in [7, 11) is 3.89. The van der Waals surface area contributed by atoms with Gasteiger partial charge in [-0.3, -0.25) is 4.79 Å². The van der Waals surface area contributed by atoms with Crippen LogP contribution in [0.25, 0.3) is 11.1 Å². The minimum atomic E-state index is -4.73. The zero-order valence-electron chi connectivity index (χ0n) is 18.8. The van der Waals surface area contributed by atoms with E-state index in [-0.39, 0.29) is 11.7 Å². The molecular formula is C25H24F3N3O2. The first-order valence-electron chi connectivity index (χ1n) is 10.4. The van der Waals surface area contributed by atoms with Crippen molar-refractivity contribution >= 4 is 11.7 Å². The third kappa shape index (κ3) is 4.79. The first-order chi connectivity index (χ1) is 15.5. The van der Waals surface area contributed by atoms with Crippen molar-refractivity contribution in [3.63, 3.8) is 0 Å². The molecule has 2 aromatic carbocycles. The summed E-state index contributed by atoms with van der Waals surface area (Å²) in [4.78, 5) is 21.3. The molecule has 0 atom stereocenters. The van der Waals surface area contributed by atoms with Crippen LogP contribution in [-0.4, -0.2) is 36.2 Å². The van der Waals surface area contributed by atoms with Crippen LogP contribution in [-0.2, 0) is 13.1 Å². The number of aryl methyl sites for hydroxylation is 2. The standard InChI is InChI=1S/C25H24F3N3O2/c1-15-11-18(21-9-10-22(30(3)4)29-16(21)2)12-19-14-31(24(32)23(15)19)13-17-5-7-20(8-6-17)33-25(26,27)28/h5-12H,13-14H2,1-4H3. The first-order valence-corrected chi connectivity index (χ1v) is 10.4. The van der Waals surface area contributed by atoms with Gasteiger partial charge in [0.25, 0.3) is 5.91 Å². The van der Waals surface area contributed by atoms with E-state index in [2.05, 4.69) is 9.72 Å². The highest BCUT2D eigenvalue weighted by molar-refractivity contribution is 6.00. The number of halogens is 3. The highest BCUT2D eigenvalue weighted by atomic mass is 19.4. The van der Waals surface area contributed by atoms with Crippen LogP contribution < -0.4 is 9.64 Å². The van der Waals surface area contributed by atoms with Crippen LogP contribution in [0.15, 0.2) is 48.5 Å². The molecule has 0 saturated heterocycles. The van der Waals surface area contributed by atoms with Crippen LogP contribution in [0.5, 0.6) is 5.75 Å². The van der Waals surface area contributed by atoms with Crippen LogP contribution in [0.4, 0.5) is 19.0 Å². The van der Waals surface area contributed by atoms with Crippen molar-refractivity contribution < 1.29 is 22.7 Å². The van der Waals surface area contributed by atoms with Gasteiger partial charge in [-0.1, -0.05) is 18.2 Å². The average Bonchev–Trinajstić information content (AvgIpc) is 3.03. The highest BCUT2D eigenvalue weighted by Crippen LogP contribution is 2.34. The molecule has 1 aromatic heterocycles. The third-order valence-electron chi connectivity index (χ3n) is 5.65. The number of hydrogen-bond donors (Lipinski definition) is 0. The van der Waals surface area contributed by atoms with Gasteiger partial charge < -0.3 is 14.5 Å². The van der Waals surface area contributed by atoms with Crippen LogP contribution in [0.2, 0.25) is 0 Å². The van der Waals surface area contributed by atoms with Crippen LogP contribution >= 0.6 is 0 Å². The number of nitrogens with zero attached hydrogens (tertiary/aromatic N) is 3. The Hall–Kier alpha value is -3.55. The highest BCUT2D eigenvalue weighted by Gasteiger charge is 2.32. The molecule has 1 amide bonds. The monoisotopic (exact) mass is 455 g/mol. The number of anilines is 1. The van der Waals surface area contributed by atoms with Gasteiger partial charge in [-0.05, 0) is 66.4 Å². The molecule has 2 heterocycles. The number of ether oxygens (including phenoxy) is 1. The second-order valence-electron chi connectivity index (χ2n) is 8.38. The normalized spacial score (nSPS) is 13.3. The molecule has 33 heavy (non-hydrogen) atoms. The maximum atomic E-state index is 13.0. The fourth-order valence-electron chi connectivity index (χ4n) is 4.13. The Labute approximate surface area is 190 Å². The topological polar surface area (TPSA) is 45.7 Å². The lowest BCUT2D eigenvalue weighted by molar-refractivity contribution is -0.274. The maximum Gasteiger partial charge on any atom is 0.573 e. The number of hydrogen-bond acceptors (Lipinski definition) is 4. The van der Waals surface area contributed by atoms with E-state index in [1.54, 1.807) is 4.90 Å². The van der Waals surface area contributed by atoms with Gasteiger partial charge >= 0.3 is 6.36 Å². The van der Waals surface area contributed by atoms with Gasteiger partial charge in [0.2, 0.25) is 0 Å². The lowest BCUT2D eigenvalue weighted by atomic mass is 9.95. The molecule has 5 nitrogen and oxygen atoms in total. The molecule has 4 rings (SSSR count). The van der Waals surface area contributed by atoms with Gasteiger partial charge in [0.15, 0.2) is 0 Å². The number of carbonyl (C=O) groups excluding carboxylic acids is 1. The second-order valence-corrected chi connectivity index (χ2v) is 8.38. The predicted octanol–water partition coefficient (Wildman–Crippen LogP) is 5.49. The summed E-state index contributed by atoms with van der Waals surface area (Å²) in [6.07, 6.45) is -4.73. The van der Waals surface area contributed by atoms with Crippen LogP contribution in [0.1, 0.15) is 32.7 Å². The summed E-state index contributed by atoms with van der Waals surface area (Å²) in [5, 5.41) is 0. The van der Waals surface area contributed by atoms with Gasteiger partial charge in [0, 0.05) is 44.0 Å². The summed E-state index contributed by atoms with van der Waals surface area (Å²) < 4.78 is 41.0. The molecule has 3 aromatic rings. The zero-order valence-corrected chi connectivity index (χ0v) is 18.8. The zero-order chi connectivity index (χ0) is 23.9. The molecule has 0 fully saturated rings. The molecule has 0 unspecified atom stereocenters. The Morgan fingerprint density at radius 3 is 2.36 bits per heavy atom. The SMILES string of the molecule is Cc1cc(-c2ccc(N(C)C)nc2C)cc2c1C(=O)N(Cc1ccc(OC(F)(F)F)cc1)C2. The van der Waals surface area contributed by atoms with Gasteiger partial charge in [-0.15, -0.1) is 13.2 Å². The molecular weight excluding hydrogens is 431 g/mol. The summed E-state index contributed by atoms with van der Waals surface area (Å²) >= 11 is 0. The van der Waals surface area contributed by atoms with Gasteiger partial charge in [0.05, 0.1) is 0 Å². The second kappa shape index (κ2) is 8.42. The fraction of sp³-hybridized carbons (Fsp3) is 0.280. The number of fused-ring (bicyclic) bond motifs is 1. The summed E-state index contributed by atoms with van der Waals surface area (Å²) in [6, 6.07) is 13.6. The Morgan fingerprint density at radius 2 is 1.76 bits per heavy atom. The Morgan fingerprint density at radius 1 is 1.06 bits per heavy atom. The van der Waals surface area contributed by atoms with Crippen LogP contribution in [0.3, 0.4) is 0 Å². The summed E-state index contributed by atoms with van der Waals surface area (Å²) in [5.74, 6) is 0.511. The van der Waals surface area contributed by atoms with Crippen molar-refractivity contribution in [1.29, 1.82) is 0 Å². The van der Waals surface area contributed by atoms with E-state index in [1.807, 2.05) is 57.1 Å². The number of pyridine rings is 1. The largest absolute Gasteiger partial charge is 0.573 e. The first kappa shape index (κ1) is 22.6. The summed E-state index contributed by atoms with van der Waals surface area (Å²) in [6.45, 7) is 4.62. The molecule has 0 bridgehead atoms. The van der Waals surface area contributed by atoms with E-state index in [1.165, 1.54) is 24.3 Å². The van der Waals surface area contributed by atoms with Gasteiger partial charge in [0.1, 0.15) is 11.6 Å². The number of aromatic nitrogens is 1. The lowest BCUT2D eigenvalue weighted by Gasteiger charge is -2.16. The van der Waals surface area contributed by atoms with E-state index in [0.717, 1.165) is 39.3 Å². The summed E-state index contributed by atoms with van der Waals surface area (Å²) in [5.41, 5.74) is 6.16. The number of benzene rings is 2. The number of amides is 1. The van der Waals surface area contributed by atoms with E-state index < -0.39 is 6.36 Å². The molecule has 0 aliphatic carbocycles. The quantitative estimate of drug-likeness (QED) is 0.511. The number of rotatable bonds is 5. The fourth-order valence-corrected chi connectivity index (χ4v) is 4.13. The minimum Gasteiger partial charge on any atom is -0.406 e. The molecule has 0 radical (unpaired) electrons. The Bertz CT molecular complexity index is 1200. The van der Waals surface area contributed by atoms with Crippen molar-refractivity contribution in [2.45, 2.75) is 33.3 Å². The lowest BCUT2D eigenvalue weighted by Crippen LogP contribution is -2.23. The van der Waals surface area contributed by atoms with E-state index in [0.29, 0.717) is 18.7 Å². The van der Waals surface area contributed by atoms with Crippen molar-refractivity contribution in [3.8, 4) is 16.9 Å². The molecule has 0 N–H and O–H groups in total. The molecule has 0 saturated carbocycles. The number of alkyl halides is 3. The smallest absolute Gasteiger partial charge is 0.406 e. The minimum absolute atomic E-state index is 0.0810. The predicted molar refractivity (Wildman–Crippen MR) is 120 cm³/mol. The molecule has 8 heteroatoms. The Kier molecular flexibility index (Phi) is 5.78. The van der Waals surface area contributed by atoms with E-state index in [9.17, 15) is 18.0 Å². The van der Waals surface area contributed by atoms with Crippen molar-refractivity contribution in [2.75, 3.05) is 19.0 Å².